The molecule has 1 unspecified atom stereocenters. The Morgan fingerprint density at radius 2 is 2.15 bits per heavy atom. The molecule has 1 rings (SSSR count). The van der Waals surface area contributed by atoms with Gasteiger partial charge >= 0.3 is 0 Å². The zero-order valence-corrected chi connectivity index (χ0v) is 13.2. The Labute approximate surface area is 122 Å². The third-order valence-electron chi connectivity index (χ3n) is 3.34. The molecule has 0 radical (unpaired) electrons. The fourth-order valence-electron chi connectivity index (χ4n) is 2.19. The number of amides is 1. The fraction of sp³-hybridized carbons (Fsp3) is 0.562. The number of benzene rings is 1. The maximum absolute atomic E-state index is 12.3. The Balaban J connectivity index is 2.72. The average molecular weight is 278 g/mol. The summed E-state index contributed by atoms with van der Waals surface area (Å²) in [7, 11) is 3.50. The highest BCUT2D eigenvalue weighted by molar-refractivity contribution is 5.78. The first-order valence-electron chi connectivity index (χ1n) is 7.08. The van der Waals surface area contributed by atoms with Gasteiger partial charge in [-0.1, -0.05) is 31.5 Å². The van der Waals surface area contributed by atoms with Crippen molar-refractivity contribution in [2.24, 2.45) is 5.92 Å². The number of nitrogens with zero attached hydrogens (tertiary/aromatic N) is 1. The van der Waals surface area contributed by atoms with Crippen molar-refractivity contribution in [2.75, 3.05) is 27.2 Å². The van der Waals surface area contributed by atoms with Gasteiger partial charge in [0.2, 0.25) is 5.91 Å². The van der Waals surface area contributed by atoms with E-state index in [4.69, 9.17) is 4.74 Å². The molecule has 1 N–H and O–H groups in total. The molecule has 0 aliphatic heterocycles. The molecule has 1 aromatic carbocycles. The summed E-state index contributed by atoms with van der Waals surface area (Å²) in [5, 5.41) is 3.21. The quantitative estimate of drug-likeness (QED) is 0.831. The highest BCUT2D eigenvalue weighted by Crippen LogP contribution is 2.21. The van der Waals surface area contributed by atoms with Crippen molar-refractivity contribution in [1.82, 2.24) is 10.2 Å². The van der Waals surface area contributed by atoms with Crippen LogP contribution >= 0.6 is 0 Å². The van der Waals surface area contributed by atoms with Crippen molar-refractivity contribution in [3.8, 4) is 5.75 Å². The van der Waals surface area contributed by atoms with Crippen LogP contribution in [0.15, 0.2) is 18.2 Å². The summed E-state index contributed by atoms with van der Waals surface area (Å²) in [5.41, 5.74) is 2.21. The predicted octanol–water partition coefficient (Wildman–Crippen LogP) is 2.21. The van der Waals surface area contributed by atoms with Gasteiger partial charge in [-0.2, -0.15) is 0 Å². The number of hydrogen-bond donors (Lipinski definition) is 1. The van der Waals surface area contributed by atoms with Gasteiger partial charge < -0.3 is 15.0 Å². The van der Waals surface area contributed by atoms with Gasteiger partial charge in [-0.05, 0) is 19.5 Å². The Morgan fingerprint density at radius 1 is 1.45 bits per heavy atom. The van der Waals surface area contributed by atoms with E-state index >= 15 is 0 Å². The summed E-state index contributed by atoms with van der Waals surface area (Å²) in [6.07, 6.45) is 0. The largest absolute Gasteiger partial charge is 0.496 e. The fourth-order valence-corrected chi connectivity index (χ4v) is 2.19. The second-order valence-corrected chi connectivity index (χ2v) is 5.22. The zero-order valence-electron chi connectivity index (χ0n) is 13.2. The molecule has 0 bridgehead atoms. The lowest BCUT2D eigenvalue weighted by molar-refractivity contribution is -0.134. The number of rotatable bonds is 7. The van der Waals surface area contributed by atoms with E-state index in [-0.39, 0.29) is 11.8 Å². The van der Waals surface area contributed by atoms with Crippen molar-refractivity contribution in [3.63, 3.8) is 0 Å². The first-order valence-corrected chi connectivity index (χ1v) is 7.08. The Hall–Kier alpha value is -1.55. The third-order valence-corrected chi connectivity index (χ3v) is 3.34. The topological polar surface area (TPSA) is 41.6 Å². The Morgan fingerprint density at radius 3 is 2.75 bits per heavy atom. The number of nitrogens with one attached hydrogen (secondary N) is 1. The molecule has 112 valence electrons. The van der Waals surface area contributed by atoms with E-state index in [0.29, 0.717) is 13.1 Å². The van der Waals surface area contributed by atoms with Crippen LogP contribution < -0.4 is 10.1 Å². The highest BCUT2D eigenvalue weighted by Gasteiger charge is 2.18. The molecule has 4 nitrogen and oxygen atoms in total. The van der Waals surface area contributed by atoms with E-state index in [0.717, 1.165) is 17.9 Å². The standard InChI is InChI=1S/C16H26N2O2/c1-6-17-10-13(3)16(19)18(4)11-14-9-12(2)7-8-15(14)20-5/h7-9,13,17H,6,10-11H2,1-5H3. The molecule has 0 heterocycles. The molecule has 0 saturated carbocycles. The van der Waals surface area contributed by atoms with Crippen molar-refractivity contribution >= 4 is 5.91 Å². The predicted molar refractivity (Wildman–Crippen MR) is 81.9 cm³/mol. The van der Waals surface area contributed by atoms with Gasteiger partial charge in [0.25, 0.3) is 0 Å². The third kappa shape index (κ3) is 4.53. The first-order chi connectivity index (χ1) is 9.49. The van der Waals surface area contributed by atoms with Crippen LogP contribution in [-0.4, -0.2) is 38.1 Å². The maximum Gasteiger partial charge on any atom is 0.226 e. The molecule has 0 aliphatic rings. The number of hydrogen-bond acceptors (Lipinski definition) is 3. The minimum atomic E-state index is -0.0178. The van der Waals surface area contributed by atoms with Crippen LogP contribution in [0.1, 0.15) is 25.0 Å². The molecular formula is C16H26N2O2. The monoisotopic (exact) mass is 278 g/mol. The average Bonchev–Trinajstić information content (AvgIpc) is 2.44. The van der Waals surface area contributed by atoms with Crippen molar-refractivity contribution in [3.05, 3.63) is 29.3 Å². The smallest absolute Gasteiger partial charge is 0.226 e. The van der Waals surface area contributed by atoms with Crippen LogP contribution in [0.25, 0.3) is 0 Å². The van der Waals surface area contributed by atoms with E-state index in [1.54, 1.807) is 12.0 Å². The maximum atomic E-state index is 12.3. The van der Waals surface area contributed by atoms with Gasteiger partial charge in [0.15, 0.2) is 0 Å². The summed E-state index contributed by atoms with van der Waals surface area (Å²) < 4.78 is 5.36. The van der Waals surface area contributed by atoms with Crippen molar-refractivity contribution in [2.45, 2.75) is 27.3 Å². The number of carbonyl (C=O) groups excluding carboxylic acids is 1. The zero-order chi connectivity index (χ0) is 15.1. The number of methoxy groups -OCH3 is 1. The van der Waals surface area contributed by atoms with Crippen LogP contribution in [0.2, 0.25) is 0 Å². The molecule has 0 aliphatic carbocycles. The Kier molecular flexibility index (Phi) is 6.52. The van der Waals surface area contributed by atoms with E-state index < -0.39 is 0 Å². The summed E-state index contributed by atoms with van der Waals surface area (Å²) in [5.74, 6) is 0.958. The van der Waals surface area contributed by atoms with Crippen LogP contribution in [0.3, 0.4) is 0 Å². The van der Waals surface area contributed by atoms with Crippen LogP contribution in [0.4, 0.5) is 0 Å². The number of carbonyl (C=O) groups is 1. The summed E-state index contributed by atoms with van der Waals surface area (Å²) >= 11 is 0. The van der Waals surface area contributed by atoms with E-state index in [9.17, 15) is 4.79 Å². The molecule has 4 heteroatoms. The van der Waals surface area contributed by atoms with E-state index in [1.807, 2.05) is 40.0 Å². The Bertz CT molecular complexity index is 446. The van der Waals surface area contributed by atoms with Gasteiger partial charge in [0, 0.05) is 31.6 Å². The molecule has 0 aromatic heterocycles. The lowest BCUT2D eigenvalue weighted by Crippen LogP contribution is -2.36. The molecule has 0 saturated heterocycles. The molecule has 20 heavy (non-hydrogen) atoms. The number of ether oxygens (including phenoxy) is 1. The lowest BCUT2D eigenvalue weighted by atomic mass is 10.1. The molecule has 0 spiro atoms. The van der Waals surface area contributed by atoms with Crippen molar-refractivity contribution in [1.29, 1.82) is 0 Å². The summed E-state index contributed by atoms with van der Waals surface area (Å²) in [4.78, 5) is 14.0. The highest BCUT2D eigenvalue weighted by atomic mass is 16.5. The second-order valence-electron chi connectivity index (χ2n) is 5.22. The number of aryl methyl sites for hydroxylation is 1. The summed E-state index contributed by atoms with van der Waals surface area (Å²) in [6, 6.07) is 6.03. The van der Waals surface area contributed by atoms with Crippen LogP contribution in [0.5, 0.6) is 5.75 Å². The molecular weight excluding hydrogens is 252 g/mol. The van der Waals surface area contributed by atoms with Gasteiger partial charge in [-0.3, -0.25) is 4.79 Å². The van der Waals surface area contributed by atoms with Gasteiger partial charge in [-0.15, -0.1) is 0 Å². The van der Waals surface area contributed by atoms with Gasteiger partial charge in [0.05, 0.1) is 7.11 Å². The normalized spacial score (nSPS) is 12.1. The summed E-state index contributed by atoms with van der Waals surface area (Å²) in [6.45, 7) is 8.20. The van der Waals surface area contributed by atoms with Gasteiger partial charge in [0.1, 0.15) is 5.75 Å². The van der Waals surface area contributed by atoms with E-state index in [1.165, 1.54) is 5.56 Å². The van der Waals surface area contributed by atoms with E-state index in [2.05, 4.69) is 11.4 Å². The minimum absolute atomic E-state index is 0.0178. The molecule has 1 atom stereocenters. The first kappa shape index (κ1) is 16.5. The van der Waals surface area contributed by atoms with Crippen LogP contribution in [0, 0.1) is 12.8 Å². The molecule has 0 fully saturated rings. The minimum Gasteiger partial charge on any atom is -0.496 e. The molecule has 1 aromatic rings. The second kappa shape index (κ2) is 7.90. The SMILES string of the molecule is CCNCC(C)C(=O)N(C)Cc1cc(C)ccc1OC. The molecule has 1 amide bonds. The van der Waals surface area contributed by atoms with Crippen molar-refractivity contribution < 1.29 is 9.53 Å². The van der Waals surface area contributed by atoms with Gasteiger partial charge in [-0.25, -0.2) is 0 Å². The lowest BCUT2D eigenvalue weighted by Gasteiger charge is -2.22. The van der Waals surface area contributed by atoms with Crippen LogP contribution in [-0.2, 0) is 11.3 Å².